The lowest BCUT2D eigenvalue weighted by Crippen LogP contribution is -2.70. The summed E-state index contributed by atoms with van der Waals surface area (Å²) in [5, 5.41) is 29.9. The molecule has 5 atom stereocenters. The fourth-order valence-corrected chi connectivity index (χ4v) is 4.12. The molecule has 0 aromatic rings. The third-order valence-corrected chi connectivity index (χ3v) is 5.67. The van der Waals surface area contributed by atoms with E-state index in [1.807, 2.05) is 0 Å². The summed E-state index contributed by atoms with van der Waals surface area (Å²) in [6, 6.07) is -0.952. The number of carbonyl (C=O) groups excluding carboxylic acids is 1. The number of aliphatic hydroxyl groups is 3. The Balaban J connectivity index is 1.89. The van der Waals surface area contributed by atoms with Crippen molar-refractivity contribution in [3.05, 3.63) is 0 Å². The fraction of sp³-hybridized carbons (Fsp3) is 0.933. The highest BCUT2D eigenvalue weighted by atomic mass is 32.2. The quantitative estimate of drug-likeness (QED) is 0.360. The van der Waals surface area contributed by atoms with E-state index < -0.39 is 46.9 Å². The molecule has 2 heterocycles. The molecule has 0 radical (unpaired) electrons. The summed E-state index contributed by atoms with van der Waals surface area (Å²) in [7, 11) is -4.27. The number of hydrogen-bond donors (Lipinski definition) is 4. The molecular formula is C15H28N2O8S. The van der Waals surface area contributed by atoms with Crippen molar-refractivity contribution in [3.8, 4) is 0 Å². The van der Waals surface area contributed by atoms with Gasteiger partial charge in [-0.3, -0.25) is 9.08 Å². The number of piperidine rings is 1. The Kier molecular flexibility index (Phi) is 7.62. The summed E-state index contributed by atoms with van der Waals surface area (Å²) in [4.78, 5) is 12.7. The van der Waals surface area contributed by atoms with Crippen LogP contribution in [-0.4, -0.2) is 78.5 Å². The van der Waals surface area contributed by atoms with Crippen LogP contribution in [0.4, 0.5) is 4.79 Å². The van der Waals surface area contributed by atoms with Crippen molar-refractivity contribution in [3.63, 3.8) is 0 Å². The molecule has 11 heteroatoms. The molecule has 2 fully saturated rings. The van der Waals surface area contributed by atoms with Gasteiger partial charge in [0.2, 0.25) is 0 Å². The number of rotatable bonds is 10. The van der Waals surface area contributed by atoms with E-state index in [1.54, 1.807) is 0 Å². The summed E-state index contributed by atoms with van der Waals surface area (Å²) < 4.78 is 35.9. The van der Waals surface area contributed by atoms with Crippen LogP contribution in [0.3, 0.4) is 0 Å². The minimum absolute atomic E-state index is 0.0245. The molecule has 2 saturated heterocycles. The lowest BCUT2D eigenvalue weighted by Gasteiger charge is -2.43. The first-order valence-corrected chi connectivity index (χ1v) is 10.3. The minimum Gasteiger partial charge on any atom is -0.447 e. The summed E-state index contributed by atoms with van der Waals surface area (Å²) >= 11 is 0. The summed E-state index contributed by atoms with van der Waals surface area (Å²) in [6.45, 7) is 1.88. The number of nitrogens with zero attached hydrogens (tertiary/aromatic N) is 1. The van der Waals surface area contributed by atoms with Crippen LogP contribution in [0.5, 0.6) is 0 Å². The van der Waals surface area contributed by atoms with E-state index in [4.69, 9.17) is 8.92 Å². The predicted molar refractivity (Wildman–Crippen MR) is 90.2 cm³/mol. The van der Waals surface area contributed by atoms with Gasteiger partial charge >= 0.3 is 16.4 Å². The Bertz CT molecular complexity index is 572. The van der Waals surface area contributed by atoms with Gasteiger partial charge < -0.3 is 20.1 Å². The third-order valence-electron chi connectivity index (χ3n) is 4.66. The van der Waals surface area contributed by atoms with Crippen LogP contribution in [0.1, 0.15) is 45.4 Å². The Morgan fingerprint density at radius 3 is 2.46 bits per heavy atom. The van der Waals surface area contributed by atoms with Crippen molar-refractivity contribution in [2.45, 2.75) is 76.0 Å². The first kappa shape index (κ1) is 21.3. The normalized spacial score (nSPS) is 31.8. The maximum absolute atomic E-state index is 12.1. The lowest BCUT2D eigenvalue weighted by atomic mass is 9.93. The molecule has 2 aliphatic heterocycles. The molecule has 4 N–H and O–H groups in total. The maximum atomic E-state index is 12.1. The number of unbranched alkanes of at least 4 members (excludes halogenated alkanes) is 5. The van der Waals surface area contributed by atoms with E-state index >= 15 is 0 Å². The Hall–Kier alpha value is -0.980. The summed E-state index contributed by atoms with van der Waals surface area (Å²) in [5.74, 6) is 0. The number of carbonyl (C=O) groups is 1. The van der Waals surface area contributed by atoms with Crippen molar-refractivity contribution < 1.29 is 37.5 Å². The van der Waals surface area contributed by atoms with Gasteiger partial charge in [-0.05, 0) is 6.42 Å². The second kappa shape index (κ2) is 9.29. The van der Waals surface area contributed by atoms with Crippen LogP contribution in [0.25, 0.3) is 0 Å². The van der Waals surface area contributed by atoms with Gasteiger partial charge in [-0.15, -0.1) is 0 Å². The highest BCUT2D eigenvalue weighted by molar-refractivity contribution is 7.84. The number of ether oxygens (including phenoxy) is 1. The van der Waals surface area contributed by atoms with E-state index in [2.05, 4.69) is 11.6 Å². The van der Waals surface area contributed by atoms with E-state index in [1.165, 1.54) is 0 Å². The Morgan fingerprint density at radius 2 is 1.77 bits per heavy atom. The summed E-state index contributed by atoms with van der Waals surface area (Å²) in [5.41, 5.74) is 0. The second-order valence-electron chi connectivity index (χ2n) is 6.63. The molecule has 0 saturated carbocycles. The zero-order chi connectivity index (χ0) is 19.3. The molecule has 2 aliphatic rings. The highest BCUT2D eigenvalue weighted by Gasteiger charge is 2.54. The zero-order valence-electron chi connectivity index (χ0n) is 14.8. The van der Waals surface area contributed by atoms with Crippen LogP contribution in [-0.2, 0) is 19.2 Å². The number of cyclic esters (lactones) is 1. The van der Waals surface area contributed by atoms with Gasteiger partial charge in [-0.1, -0.05) is 39.0 Å². The topological polar surface area (TPSA) is 146 Å². The summed E-state index contributed by atoms with van der Waals surface area (Å²) in [6.07, 6.45) is -1.41. The number of hydrogen-bond acceptors (Lipinski definition) is 8. The molecule has 1 amide bonds. The first-order chi connectivity index (χ1) is 12.3. The molecule has 26 heavy (non-hydrogen) atoms. The van der Waals surface area contributed by atoms with E-state index in [9.17, 15) is 28.5 Å². The molecule has 2 unspecified atom stereocenters. The fourth-order valence-electron chi connectivity index (χ4n) is 3.17. The average Bonchev–Trinajstić information content (AvgIpc) is 2.97. The molecule has 2 rings (SSSR count). The molecule has 152 valence electrons. The van der Waals surface area contributed by atoms with Gasteiger partial charge in [0, 0.05) is 0 Å². The van der Waals surface area contributed by atoms with Crippen LogP contribution in [0, 0.1) is 0 Å². The van der Waals surface area contributed by atoms with Crippen molar-refractivity contribution in [1.29, 1.82) is 0 Å². The lowest BCUT2D eigenvalue weighted by molar-refractivity contribution is -0.144. The Labute approximate surface area is 153 Å². The smallest absolute Gasteiger partial charge is 0.411 e. The van der Waals surface area contributed by atoms with Gasteiger partial charge in [0.1, 0.15) is 31.1 Å². The third kappa shape index (κ3) is 5.05. The standard InChI is InChI=1S/C15H28N2O8S/c1-2-3-4-5-6-7-8-25-26(22,23)16-14-13(20)12(19)11(18)10-9-24-15(21)17(10)14/h10-14,16,18-20H,2-9H2,1H3/t10?,11-,12?,13+,14+/m1/s1. The molecule has 10 nitrogen and oxygen atoms in total. The predicted octanol–water partition coefficient (Wildman–Crippen LogP) is -0.559. The molecule has 0 aromatic carbocycles. The largest absolute Gasteiger partial charge is 0.447 e. The molecular weight excluding hydrogens is 368 g/mol. The van der Waals surface area contributed by atoms with Gasteiger partial charge in [0.25, 0.3) is 0 Å². The van der Waals surface area contributed by atoms with Crippen LogP contribution >= 0.6 is 0 Å². The van der Waals surface area contributed by atoms with Crippen LogP contribution in [0.15, 0.2) is 0 Å². The SMILES string of the molecule is CCCCCCCCOS(=O)(=O)N[C@@H]1[C@@H](O)C(O)[C@H](O)C2COC(=O)N21. The maximum Gasteiger partial charge on any atom is 0.411 e. The Morgan fingerprint density at radius 1 is 1.12 bits per heavy atom. The average molecular weight is 396 g/mol. The number of nitrogens with one attached hydrogen (secondary N) is 1. The zero-order valence-corrected chi connectivity index (χ0v) is 15.6. The minimum atomic E-state index is -4.27. The molecule has 0 bridgehead atoms. The van der Waals surface area contributed by atoms with Crippen molar-refractivity contribution in [2.24, 2.45) is 0 Å². The van der Waals surface area contributed by atoms with E-state index in [0.29, 0.717) is 6.42 Å². The van der Waals surface area contributed by atoms with Gasteiger partial charge in [0.15, 0.2) is 0 Å². The molecule has 0 spiro atoms. The van der Waals surface area contributed by atoms with Gasteiger partial charge in [-0.25, -0.2) is 4.79 Å². The molecule has 0 aliphatic carbocycles. The van der Waals surface area contributed by atoms with Crippen molar-refractivity contribution >= 4 is 16.4 Å². The number of amides is 1. The second-order valence-corrected chi connectivity index (χ2v) is 8.01. The van der Waals surface area contributed by atoms with Crippen LogP contribution in [0.2, 0.25) is 0 Å². The van der Waals surface area contributed by atoms with Crippen molar-refractivity contribution in [2.75, 3.05) is 13.2 Å². The number of aliphatic hydroxyl groups excluding tert-OH is 3. The van der Waals surface area contributed by atoms with Crippen molar-refractivity contribution in [1.82, 2.24) is 9.62 Å². The van der Waals surface area contributed by atoms with E-state index in [-0.39, 0.29) is 13.2 Å². The van der Waals surface area contributed by atoms with Crippen LogP contribution < -0.4 is 4.72 Å². The van der Waals surface area contributed by atoms with E-state index in [0.717, 1.165) is 37.0 Å². The monoisotopic (exact) mass is 396 g/mol. The van der Waals surface area contributed by atoms with Gasteiger partial charge in [-0.2, -0.15) is 13.1 Å². The first-order valence-electron chi connectivity index (χ1n) is 8.94. The van der Waals surface area contributed by atoms with Gasteiger partial charge in [0.05, 0.1) is 12.6 Å². The molecule has 0 aromatic heterocycles. The number of fused-ring (bicyclic) bond motifs is 1. The highest BCUT2D eigenvalue weighted by Crippen LogP contribution is 2.29.